The number of nitrogens with two attached hydrogens (primary N) is 1. The van der Waals surface area contributed by atoms with Gasteiger partial charge in [0.05, 0.1) is 11.5 Å². The van der Waals surface area contributed by atoms with Crippen LogP contribution in [0.1, 0.15) is 25.8 Å². The molecular formula is C12H18ClNO2S. The van der Waals surface area contributed by atoms with Crippen LogP contribution in [0.25, 0.3) is 0 Å². The molecule has 0 saturated heterocycles. The van der Waals surface area contributed by atoms with E-state index < -0.39 is 9.84 Å². The Balaban J connectivity index is 2.83. The minimum Gasteiger partial charge on any atom is -0.398 e. The fraction of sp³-hybridized carbons (Fsp3) is 0.500. The number of benzene rings is 1. The molecule has 1 aromatic carbocycles. The minimum atomic E-state index is -3.10. The van der Waals surface area contributed by atoms with E-state index in [1.807, 2.05) is 13.8 Å². The van der Waals surface area contributed by atoms with Crippen molar-refractivity contribution in [2.75, 3.05) is 11.5 Å². The fourth-order valence-corrected chi connectivity index (χ4v) is 3.68. The lowest BCUT2D eigenvalue weighted by Crippen LogP contribution is -2.16. The van der Waals surface area contributed by atoms with Crippen molar-refractivity contribution in [3.63, 3.8) is 0 Å². The fourth-order valence-electron chi connectivity index (χ4n) is 1.54. The highest BCUT2D eigenvalue weighted by Crippen LogP contribution is 2.21. The minimum absolute atomic E-state index is 0.0135. The molecule has 0 radical (unpaired) electrons. The topological polar surface area (TPSA) is 60.2 Å². The molecule has 0 amide bonds. The summed E-state index contributed by atoms with van der Waals surface area (Å²) in [5.41, 5.74) is 6.80. The Morgan fingerprint density at radius 2 is 2.06 bits per heavy atom. The van der Waals surface area contributed by atoms with E-state index in [1.165, 1.54) is 0 Å². The van der Waals surface area contributed by atoms with Crippen molar-refractivity contribution in [3.05, 3.63) is 28.8 Å². The molecule has 5 heteroatoms. The first-order valence-corrected chi connectivity index (χ1v) is 7.78. The predicted molar refractivity (Wildman–Crippen MR) is 72.8 cm³/mol. The van der Waals surface area contributed by atoms with Crippen molar-refractivity contribution >= 4 is 27.1 Å². The molecule has 1 aromatic rings. The van der Waals surface area contributed by atoms with E-state index in [4.69, 9.17) is 17.3 Å². The van der Waals surface area contributed by atoms with Gasteiger partial charge >= 0.3 is 0 Å². The average Bonchev–Trinajstić information content (AvgIpc) is 2.21. The molecule has 1 atom stereocenters. The number of hydrogen-bond donors (Lipinski definition) is 1. The molecule has 3 nitrogen and oxygen atoms in total. The van der Waals surface area contributed by atoms with Crippen LogP contribution in [-0.2, 0) is 15.6 Å². The number of halogens is 1. The van der Waals surface area contributed by atoms with Gasteiger partial charge in [-0.1, -0.05) is 37.9 Å². The molecule has 0 aromatic heterocycles. The lowest BCUT2D eigenvalue weighted by Gasteiger charge is -2.11. The van der Waals surface area contributed by atoms with E-state index in [0.29, 0.717) is 16.3 Å². The van der Waals surface area contributed by atoms with Crippen LogP contribution in [-0.4, -0.2) is 14.2 Å². The standard InChI is InChI=1S/C12H18ClNO2S/c1-3-9(2)7-17(15,16)8-10-4-5-11(13)6-12(10)14/h4-6,9H,3,7-8,14H2,1-2H3. The molecule has 0 fully saturated rings. The van der Waals surface area contributed by atoms with Crippen LogP contribution in [0.15, 0.2) is 18.2 Å². The second-order valence-corrected chi connectivity index (χ2v) is 6.96. The summed E-state index contributed by atoms with van der Waals surface area (Å²) in [6, 6.07) is 4.91. The first-order valence-electron chi connectivity index (χ1n) is 5.58. The third-order valence-electron chi connectivity index (χ3n) is 2.72. The molecule has 0 spiro atoms. The Kier molecular flexibility index (Phi) is 4.83. The van der Waals surface area contributed by atoms with Crippen LogP contribution in [0.3, 0.4) is 0 Å². The maximum atomic E-state index is 11.9. The van der Waals surface area contributed by atoms with Gasteiger partial charge in [0.1, 0.15) is 0 Å². The lowest BCUT2D eigenvalue weighted by molar-refractivity contribution is 0.563. The molecule has 96 valence electrons. The summed E-state index contributed by atoms with van der Waals surface area (Å²) in [5.74, 6) is 0.361. The summed E-state index contributed by atoms with van der Waals surface area (Å²) in [7, 11) is -3.10. The zero-order chi connectivity index (χ0) is 13.1. The summed E-state index contributed by atoms with van der Waals surface area (Å²) in [6.07, 6.45) is 0.856. The van der Waals surface area contributed by atoms with Crippen LogP contribution in [0.4, 0.5) is 5.69 Å². The van der Waals surface area contributed by atoms with E-state index in [-0.39, 0.29) is 17.4 Å². The zero-order valence-electron chi connectivity index (χ0n) is 10.1. The second kappa shape index (κ2) is 5.74. The Bertz CT molecular complexity index is 485. The van der Waals surface area contributed by atoms with Gasteiger partial charge in [-0.15, -0.1) is 0 Å². The Morgan fingerprint density at radius 3 is 2.59 bits per heavy atom. The largest absolute Gasteiger partial charge is 0.398 e. The highest BCUT2D eigenvalue weighted by atomic mass is 35.5. The molecule has 0 aliphatic rings. The van der Waals surface area contributed by atoms with Crippen LogP contribution >= 0.6 is 11.6 Å². The third kappa shape index (κ3) is 4.56. The van der Waals surface area contributed by atoms with Crippen LogP contribution in [0.2, 0.25) is 5.02 Å². The van der Waals surface area contributed by atoms with Gasteiger partial charge in [-0.3, -0.25) is 0 Å². The van der Waals surface area contributed by atoms with E-state index in [0.717, 1.165) is 6.42 Å². The smallest absolute Gasteiger partial charge is 0.154 e. The molecule has 1 rings (SSSR count). The molecule has 0 bridgehead atoms. The number of rotatable bonds is 5. The quantitative estimate of drug-likeness (QED) is 0.841. The molecule has 2 N–H and O–H groups in total. The highest BCUT2D eigenvalue weighted by Gasteiger charge is 2.17. The van der Waals surface area contributed by atoms with Crippen molar-refractivity contribution in [1.82, 2.24) is 0 Å². The summed E-state index contributed by atoms with van der Waals surface area (Å²) < 4.78 is 23.8. The van der Waals surface area contributed by atoms with E-state index in [9.17, 15) is 8.42 Å². The van der Waals surface area contributed by atoms with Crippen molar-refractivity contribution in [3.8, 4) is 0 Å². The second-order valence-electron chi connectivity index (χ2n) is 4.41. The molecule has 17 heavy (non-hydrogen) atoms. The van der Waals surface area contributed by atoms with E-state index >= 15 is 0 Å². The summed E-state index contributed by atoms with van der Waals surface area (Å²) >= 11 is 5.77. The summed E-state index contributed by atoms with van der Waals surface area (Å²) in [5, 5.41) is 0.519. The van der Waals surface area contributed by atoms with Crippen LogP contribution in [0.5, 0.6) is 0 Å². The number of nitrogen functional groups attached to an aromatic ring is 1. The van der Waals surface area contributed by atoms with E-state index in [2.05, 4.69) is 0 Å². The van der Waals surface area contributed by atoms with Crippen molar-refractivity contribution in [2.45, 2.75) is 26.0 Å². The number of sulfone groups is 1. The first kappa shape index (κ1) is 14.3. The molecule has 1 unspecified atom stereocenters. The predicted octanol–water partition coefficient (Wildman–Crippen LogP) is 2.88. The van der Waals surface area contributed by atoms with Gasteiger partial charge in [-0.25, -0.2) is 8.42 Å². The summed E-state index contributed by atoms with van der Waals surface area (Å²) in [6.45, 7) is 3.92. The highest BCUT2D eigenvalue weighted by molar-refractivity contribution is 7.90. The zero-order valence-corrected chi connectivity index (χ0v) is 11.7. The van der Waals surface area contributed by atoms with Gasteiger partial charge in [-0.05, 0) is 23.6 Å². The Hall–Kier alpha value is -0.740. The van der Waals surface area contributed by atoms with Gasteiger partial charge in [-0.2, -0.15) is 0 Å². The van der Waals surface area contributed by atoms with Crippen molar-refractivity contribution in [1.29, 1.82) is 0 Å². The average molecular weight is 276 g/mol. The van der Waals surface area contributed by atoms with Gasteiger partial charge in [0.2, 0.25) is 0 Å². The number of anilines is 1. The summed E-state index contributed by atoms with van der Waals surface area (Å²) in [4.78, 5) is 0. The maximum Gasteiger partial charge on any atom is 0.154 e. The van der Waals surface area contributed by atoms with Crippen LogP contribution in [0, 0.1) is 5.92 Å². The SMILES string of the molecule is CCC(C)CS(=O)(=O)Cc1ccc(Cl)cc1N. The molecule has 0 heterocycles. The number of hydrogen-bond acceptors (Lipinski definition) is 3. The maximum absolute atomic E-state index is 11.9. The van der Waals surface area contributed by atoms with Gasteiger partial charge < -0.3 is 5.73 Å². The molecule has 0 saturated carbocycles. The van der Waals surface area contributed by atoms with Crippen molar-refractivity contribution in [2.24, 2.45) is 5.92 Å². The third-order valence-corrected chi connectivity index (χ3v) is 4.78. The molecular weight excluding hydrogens is 258 g/mol. The Morgan fingerprint density at radius 1 is 1.41 bits per heavy atom. The molecule has 0 aliphatic carbocycles. The molecule has 0 aliphatic heterocycles. The van der Waals surface area contributed by atoms with Crippen LogP contribution < -0.4 is 5.73 Å². The van der Waals surface area contributed by atoms with Gasteiger partial charge in [0.25, 0.3) is 0 Å². The normalized spacial score (nSPS) is 13.6. The Labute approximate surface area is 108 Å². The monoisotopic (exact) mass is 275 g/mol. The lowest BCUT2D eigenvalue weighted by atomic mass is 10.2. The first-order chi connectivity index (χ1) is 7.84. The van der Waals surface area contributed by atoms with Gasteiger partial charge in [0, 0.05) is 10.7 Å². The van der Waals surface area contributed by atoms with Gasteiger partial charge in [0.15, 0.2) is 9.84 Å². The van der Waals surface area contributed by atoms with Crippen molar-refractivity contribution < 1.29 is 8.42 Å². The van der Waals surface area contributed by atoms with E-state index in [1.54, 1.807) is 18.2 Å².